The predicted molar refractivity (Wildman–Crippen MR) is 101 cm³/mol. The van der Waals surface area contributed by atoms with Gasteiger partial charge < -0.3 is 4.90 Å². The number of pyridine rings is 1. The van der Waals surface area contributed by atoms with Crippen molar-refractivity contribution in [2.24, 2.45) is 0 Å². The molecule has 2 heterocycles. The Bertz CT molecular complexity index is 998. The van der Waals surface area contributed by atoms with Crippen LogP contribution in [0.25, 0.3) is 10.9 Å². The molecule has 1 aliphatic heterocycles. The number of nitrogens with one attached hydrogen (secondary N) is 1. The van der Waals surface area contributed by atoms with Gasteiger partial charge in [-0.25, -0.2) is 13.1 Å². The van der Waals surface area contributed by atoms with Gasteiger partial charge in [-0.3, -0.25) is 9.78 Å². The van der Waals surface area contributed by atoms with E-state index in [0.29, 0.717) is 42.3 Å². The summed E-state index contributed by atoms with van der Waals surface area (Å²) < 4.78 is 62.7. The number of likely N-dealkylation sites (tertiary alicyclic amines) is 1. The maximum atomic E-state index is 13.1. The monoisotopic (exact) mass is 479 g/mol. The lowest BCUT2D eigenvalue weighted by Gasteiger charge is -2.36. The van der Waals surface area contributed by atoms with Crippen molar-refractivity contribution in [1.82, 2.24) is 14.6 Å². The summed E-state index contributed by atoms with van der Waals surface area (Å²) >= 11 is 3.35. The smallest absolute Gasteiger partial charge is 0.334 e. The van der Waals surface area contributed by atoms with Gasteiger partial charge in [-0.15, -0.1) is 0 Å². The Morgan fingerprint density at radius 2 is 2.04 bits per heavy atom. The van der Waals surface area contributed by atoms with Crippen LogP contribution in [0.3, 0.4) is 0 Å². The predicted octanol–water partition coefficient (Wildman–Crippen LogP) is 3.43. The number of hydrogen-bond acceptors (Lipinski definition) is 4. The average Bonchev–Trinajstić information content (AvgIpc) is 2.64. The molecule has 0 aliphatic carbocycles. The fourth-order valence-corrected chi connectivity index (χ4v) is 4.16. The van der Waals surface area contributed by atoms with Gasteiger partial charge in [0.1, 0.15) is 0 Å². The van der Waals surface area contributed by atoms with Gasteiger partial charge in [-0.2, -0.15) is 13.2 Å². The molecule has 1 aliphatic rings. The van der Waals surface area contributed by atoms with Crippen LogP contribution in [0.2, 0.25) is 0 Å². The van der Waals surface area contributed by atoms with E-state index in [4.69, 9.17) is 0 Å². The molecular weight excluding hydrogens is 463 g/mol. The number of halogens is 4. The molecular formula is C17H17BrF3N3O3S. The number of piperidine rings is 1. The van der Waals surface area contributed by atoms with Crippen LogP contribution in [0.5, 0.6) is 0 Å². The Hall–Kier alpha value is -1.72. The largest absolute Gasteiger partial charge is 0.511 e. The van der Waals surface area contributed by atoms with Gasteiger partial charge in [0, 0.05) is 35.2 Å². The summed E-state index contributed by atoms with van der Waals surface area (Å²) in [5.74, 6) is -0.360. The first-order valence-electron chi connectivity index (χ1n) is 8.51. The maximum Gasteiger partial charge on any atom is 0.511 e. The number of rotatable bonds is 4. The number of carbonyl (C=O) groups excluding carboxylic acids is 1. The van der Waals surface area contributed by atoms with E-state index in [1.54, 1.807) is 29.0 Å². The van der Waals surface area contributed by atoms with E-state index in [9.17, 15) is 26.4 Å². The molecule has 1 aromatic carbocycles. The molecule has 6 nitrogen and oxygen atoms in total. The van der Waals surface area contributed by atoms with E-state index in [1.165, 1.54) is 11.1 Å². The molecule has 1 fully saturated rings. The molecule has 3 rings (SSSR count). The summed E-state index contributed by atoms with van der Waals surface area (Å²) in [6.07, 6.45) is 3.30. The van der Waals surface area contributed by atoms with Crippen LogP contribution in [-0.4, -0.2) is 48.8 Å². The van der Waals surface area contributed by atoms with Crippen LogP contribution < -0.4 is 4.72 Å². The second-order valence-corrected chi connectivity index (χ2v) is 9.14. The van der Waals surface area contributed by atoms with Crippen molar-refractivity contribution < 1.29 is 26.4 Å². The molecule has 11 heteroatoms. The first kappa shape index (κ1) is 21.0. The number of fused-ring (bicyclic) bond motifs is 1. The van der Waals surface area contributed by atoms with Gasteiger partial charge in [0.05, 0.1) is 11.1 Å². The quantitative estimate of drug-likeness (QED) is 0.728. The fourth-order valence-electron chi connectivity index (χ4n) is 3.23. The van der Waals surface area contributed by atoms with Crippen molar-refractivity contribution >= 4 is 42.8 Å². The van der Waals surface area contributed by atoms with Crippen LogP contribution in [0.4, 0.5) is 13.2 Å². The number of nitrogens with zero attached hydrogens (tertiary/aromatic N) is 2. The van der Waals surface area contributed by atoms with Crippen molar-refractivity contribution in [2.75, 3.05) is 13.1 Å². The molecule has 1 atom stereocenters. The molecule has 0 radical (unpaired) electrons. The Labute approximate surface area is 168 Å². The van der Waals surface area contributed by atoms with Gasteiger partial charge in [-0.05, 0) is 43.5 Å². The van der Waals surface area contributed by atoms with Gasteiger partial charge in [0.25, 0.3) is 5.91 Å². The second-order valence-electron chi connectivity index (χ2n) is 6.47. The minimum absolute atomic E-state index is 0.342. The second kappa shape index (κ2) is 7.96. The molecule has 0 saturated carbocycles. The van der Waals surface area contributed by atoms with Crippen molar-refractivity contribution in [3.05, 3.63) is 40.5 Å². The van der Waals surface area contributed by atoms with E-state index < -0.39 is 28.1 Å². The lowest BCUT2D eigenvalue weighted by molar-refractivity contribution is -0.0449. The van der Waals surface area contributed by atoms with Crippen molar-refractivity contribution in [3.63, 3.8) is 0 Å². The Kier molecular flexibility index (Phi) is 5.97. The minimum Gasteiger partial charge on any atom is -0.334 e. The molecule has 1 N–H and O–H groups in total. The molecule has 1 unspecified atom stereocenters. The number of aromatic nitrogens is 1. The van der Waals surface area contributed by atoms with Crippen LogP contribution in [0, 0.1) is 0 Å². The Morgan fingerprint density at radius 3 is 2.75 bits per heavy atom. The summed E-state index contributed by atoms with van der Waals surface area (Å²) in [4.78, 5) is 18.8. The summed E-state index contributed by atoms with van der Waals surface area (Å²) in [6, 6.07) is 6.19. The highest BCUT2D eigenvalue weighted by Gasteiger charge is 2.46. The zero-order chi connectivity index (χ0) is 20.5. The van der Waals surface area contributed by atoms with E-state index in [-0.39, 0.29) is 5.91 Å². The summed E-state index contributed by atoms with van der Waals surface area (Å²) in [7, 11) is -5.46. The zero-order valence-corrected chi connectivity index (χ0v) is 16.9. The standard InChI is InChI=1S/C17H17BrF3N3O3S/c18-11-4-5-15-14(9-11)13(6-7-22-15)16(25)24-8-2-1-3-12(24)10-23-28(26,27)17(19,20)21/h4-7,9,12,23H,1-3,8,10H2. The molecule has 1 amide bonds. The number of alkyl halides is 3. The van der Waals surface area contributed by atoms with Gasteiger partial charge in [-0.1, -0.05) is 15.9 Å². The minimum atomic E-state index is -5.46. The molecule has 2 aromatic rings. The summed E-state index contributed by atoms with van der Waals surface area (Å²) in [5, 5.41) is 0.613. The third kappa shape index (κ3) is 4.31. The third-order valence-electron chi connectivity index (χ3n) is 4.64. The summed E-state index contributed by atoms with van der Waals surface area (Å²) in [6.45, 7) is -0.143. The molecule has 0 bridgehead atoms. The first-order valence-corrected chi connectivity index (χ1v) is 10.8. The highest BCUT2D eigenvalue weighted by Crippen LogP contribution is 2.26. The Balaban J connectivity index is 1.87. The van der Waals surface area contributed by atoms with Crippen molar-refractivity contribution in [1.29, 1.82) is 0 Å². The number of carbonyl (C=O) groups is 1. The SMILES string of the molecule is O=C(c1ccnc2ccc(Br)cc12)N1CCCCC1CNS(=O)(=O)C(F)(F)F. The topological polar surface area (TPSA) is 79.4 Å². The number of benzene rings is 1. The van der Waals surface area contributed by atoms with Crippen LogP contribution in [-0.2, 0) is 10.0 Å². The van der Waals surface area contributed by atoms with Crippen molar-refractivity contribution in [3.8, 4) is 0 Å². The van der Waals surface area contributed by atoms with E-state index in [0.717, 1.165) is 4.47 Å². The zero-order valence-electron chi connectivity index (χ0n) is 14.5. The lowest BCUT2D eigenvalue weighted by atomic mass is 10.00. The molecule has 28 heavy (non-hydrogen) atoms. The van der Waals surface area contributed by atoms with Crippen molar-refractivity contribution in [2.45, 2.75) is 30.8 Å². The van der Waals surface area contributed by atoms with Crippen LogP contribution in [0.15, 0.2) is 34.9 Å². The van der Waals surface area contributed by atoms with Crippen LogP contribution >= 0.6 is 15.9 Å². The van der Waals surface area contributed by atoms with Crippen LogP contribution in [0.1, 0.15) is 29.6 Å². The normalized spacial score (nSPS) is 18.4. The third-order valence-corrected chi connectivity index (χ3v) is 6.29. The first-order chi connectivity index (χ1) is 13.1. The van der Waals surface area contributed by atoms with E-state index >= 15 is 0 Å². The van der Waals surface area contributed by atoms with E-state index in [1.807, 2.05) is 0 Å². The average molecular weight is 480 g/mol. The number of amides is 1. The number of sulfonamides is 1. The highest BCUT2D eigenvalue weighted by molar-refractivity contribution is 9.10. The number of hydrogen-bond donors (Lipinski definition) is 1. The summed E-state index contributed by atoms with van der Waals surface area (Å²) in [5.41, 5.74) is -4.40. The van der Waals surface area contributed by atoms with Gasteiger partial charge >= 0.3 is 15.5 Å². The van der Waals surface area contributed by atoms with E-state index in [2.05, 4.69) is 20.9 Å². The molecule has 1 saturated heterocycles. The van der Waals surface area contributed by atoms with Gasteiger partial charge in [0.2, 0.25) is 0 Å². The molecule has 152 valence electrons. The maximum absolute atomic E-state index is 13.1. The Morgan fingerprint density at radius 1 is 1.29 bits per heavy atom. The molecule has 1 aromatic heterocycles. The van der Waals surface area contributed by atoms with Gasteiger partial charge in [0.15, 0.2) is 0 Å². The highest BCUT2D eigenvalue weighted by atomic mass is 79.9. The lowest BCUT2D eigenvalue weighted by Crippen LogP contribution is -2.51. The molecule has 0 spiro atoms. The fraction of sp³-hybridized carbons (Fsp3) is 0.412.